The van der Waals surface area contributed by atoms with E-state index in [1.54, 1.807) is 7.05 Å². The van der Waals surface area contributed by atoms with Crippen molar-refractivity contribution in [1.29, 1.82) is 0 Å². The van der Waals surface area contributed by atoms with Crippen LogP contribution in [0.5, 0.6) is 5.75 Å². The van der Waals surface area contributed by atoms with Crippen LogP contribution in [0.4, 0.5) is 19.1 Å². The first-order valence-electron chi connectivity index (χ1n) is 7.17. The Bertz CT molecular complexity index is 708. The van der Waals surface area contributed by atoms with E-state index in [2.05, 4.69) is 15.4 Å². The minimum atomic E-state index is -4.41. The first-order valence-corrected chi connectivity index (χ1v) is 7.17. The van der Waals surface area contributed by atoms with Crippen LogP contribution in [-0.2, 0) is 18.0 Å². The number of rotatable bonds is 5. The molecule has 0 saturated carbocycles. The number of hydrogen-bond donors (Lipinski definition) is 1. The van der Waals surface area contributed by atoms with Gasteiger partial charge in [0.15, 0.2) is 12.4 Å². The monoisotopic (exact) mass is 342 g/mol. The lowest BCUT2D eigenvalue weighted by atomic mass is 10.2. The summed E-state index contributed by atoms with van der Waals surface area (Å²) in [6.45, 7) is 3.50. The second-order valence-corrected chi connectivity index (χ2v) is 5.43. The van der Waals surface area contributed by atoms with E-state index in [1.165, 1.54) is 4.68 Å². The number of nitrogens with one attached hydrogen (secondary N) is 1. The molecule has 0 unspecified atom stereocenters. The largest absolute Gasteiger partial charge is 0.484 e. The van der Waals surface area contributed by atoms with E-state index in [0.717, 1.165) is 24.3 Å². The van der Waals surface area contributed by atoms with Crippen LogP contribution in [0.25, 0.3) is 0 Å². The van der Waals surface area contributed by atoms with Gasteiger partial charge in [0, 0.05) is 13.0 Å². The zero-order chi connectivity index (χ0) is 17.9. The lowest BCUT2D eigenvalue weighted by Crippen LogP contribution is -2.22. The highest BCUT2D eigenvalue weighted by Crippen LogP contribution is 2.30. The molecule has 0 aliphatic rings. The molecule has 2 aromatic rings. The van der Waals surface area contributed by atoms with Crippen molar-refractivity contribution in [2.75, 3.05) is 11.9 Å². The maximum Gasteiger partial charge on any atom is 0.416 e. The van der Waals surface area contributed by atoms with Crippen LogP contribution in [0.15, 0.2) is 24.3 Å². The van der Waals surface area contributed by atoms with Crippen molar-refractivity contribution in [2.45, 2.75) is 25.9 Å². The fraction of sp³-hybridized carbons (Fsp3) is 0.400. The molecule has 0 fully saturated rings. The van der Waals surface area contributed by atoms with E-state index >= 15 is 0 Å². The van der Waals surface area contributed by atoms with E-state index in [1.807, 2.05) is 13.8 Å². The topological polar surface area (TPSA) is 69.0 Å². The van der Waals surface area contributed by atoms with E-state index < -0.39 is 17.6 Å². The Hall–Kier alpha value is -2.58. The summed E-state index contributed by atoms with van der Waals surface area (Å²) >= 11 is 0. The van der Waals surface area contributed by atoms with Crippen molar-refractivity contribution in [3.05, 3.63) is 35.7 Å². The molecule has 1 aromatic carbocycles. The van der Waals surface area contributed by atoms with Gasteiger partial charge in [0.1, 0.15) is 5.75 Å². The molecule has 130 valence electrons. The van der Waals surface area contributed by atoms with Crippen molar-refractivity contribution in [1.82, 2.24) is 14.8 Å². The third-order valence-corrected chi connectivity index (χ3v) is 3.10. The third-order valence-electron chi connectivity index (χ3n) is 3.10. The van der Waals surface area contributed by atoms with Gasteiger partial charge in [0.25, 0.3) is 5.91 Å². The number of amides is 1. The summed E-state index contributed by atoms with van der Waals surface area (Å²) in [6, 6.07) is 4.11. The van der Waals surface area contributed by atoms with Gasteiger partial charge in [0.2, 0.25) is 5.95 Å². The minimum Gasteiger partial charge on any atom is -0.484 e. The Balaban J connectivity index is 1.91. The molecule has 2 rings (SSSR count). The van der Waals surface area contributed by atoms with Crippen LogP contribution in [0, 0.1) is 0 Å². The molecule has 1 amide bonds. The third kappa shape index (κ3) is 4.46. The highest BCUT2D eigenvalue weighted by Gasteiger charge is 2.30. The molecule has 1 N–H and O–H groups in total. The molecule has 0 bridgehead atoms. The zero-order valence-electron chi connectivity index (χ0n) is 13.4. The van der Waals surface area contributed by atoms with Gasteiger partial charge in [0.05, 0.1) is 5.56 Å². The molecule has 0 radical (unpaired) electrons. The predicted octanol–water partition coefficient (Wildman–Crippen LogP) is 2.97. The molecule has 0 aliphatic heterocycles. The molecule has 1 aromatic heterocycles. The van der Waals surface area contributed by atoms with Crippen molar-refractivity contribution in [2.24, 2.45) is 7.05 Å². The van der Waals surface area contributed by atoms with Gasteiger partial charge in [-0.1, -0.05) is 13.8 Å². The van der Waals surface area contributed by atoms with E-state index in [9.17, 15) is 18.0 Å². The van der Waals surface area contributed by atoms with Gasteiger partial charge in [-0.15, -0.1) is 0 Å². The maximum absolute atomic E-state index is 12.5. The first kappa shape index (κ1) is 17.8. The summed E-state index contributed by atoms with van der Waals surface area (Å²) in [5.41, 5.74) is -0.778. The molecule has 1 heterocycles. The highest BCUT2D eigenvalue weighted by atomic mass is 19.4. The Labute approximate surface area is 136 Å². The first-order chi connectivity index (χ1) is 11.2. The van der Waals surface area contributed by atoms with E-state index in [4.69, 9.17) is 4.74 Å². The number of nitrogens with zero attached hydrogens (tertiary/aromatic N) is 3. The number of halogens is 3. The summed E-state index contributed by atoms with van der Waals surface area (Å²) in [4.78, 5) is 16.0. The van der Waals surface area contributed by atoms with Gasteiger partial charge >= 0.3 is 6.18 Å². The Morgan fingerprint density at radius 1 is 1.29 bits per heavy atom. The summed E-state index contributed by atoms with van der Waals surface area (Å²) in [5, 5.41) is 6.69. The molecule has 0 aliphatic carbocycles. The molecule has 9 heteroatoms. The van der Waals surface area contributed by atoms with Crippen LogP contribution < -0.4 is 10.1 Å². The average Bonchev–Trinajstić information content (AvgIpc) is 2.86. The van der Waals surface area contributed by atoms with Crippen LogP contribution in [-0.4, -0.2) is 27.3 Å². The number of alkyl halides is 3. The van der Waals surface area contributed by atoms with Gasteiger partial charge < -0.3 is 4.74 Å². The second-order valence-electron chi connectivity index (χ2n) is 5.43. The number of ether oxygens (including phenoxy) is 1. The molecule has 0 saturated heterocycles. The molecular weight excluding hydrogens is 325 g/mol. The van der Waals surface area contributed by atoms with Crippen LogP contribution in [0.2, 0.25) is 0 Å². The van der Waals surface area contributed by atoms with Gasteiger partial charge in [-0.25, -0.2) is 4.68 Å². The summed E-state index contributed by atoms with van der Waals surface area (Å²) in [7, 11) is 1.64. The van der Waals surface area contributed by atoms with Crippen LogP contribution in [0.1, 0.15) is 31.2 Å². The molecule has 6 nitrogen and oxygen atoms in total. The fourth-order valence-corrected chi connectivity index (χ4v) is 1.81. The number of hydrogen-bond acceptors (Lipinski definition) is 4. The number of carbonyl (C=O) groups is 1. The summed E-state index contributed by atoms with van der Waals surface area (Å²) in [5.74, 6) is 0.668. The second kappa shape index (κ2) is 6.90. The van der Waals surface area contributed by atoms with Gasteiger partial charge in [-0.2, -0.15) is 23.3 Å². The lowest BCUT2D eigenvalue weighted by molar-refractivity contribution is -0.137. The number of anilines is 1. The van der Waals surface area contributed by atoms with Gasteiger partial charge in [-0.3, -0.25) is 10.1 Å². The smallest absolute Gasteiger partial charge is 0.416 e. The zero-order valence-corrected chi connectivity index (χ0v) is 13.4. The molecule has 0 atom stereocenters. The van der Waals surface area contributed by atoms with E-state index in [-0.39, 0.29) is 24.2 Å². The number of aromatic nitrogens is 3. The number of aryl methyl sites for hydroxylation is 1. The SMILES string of the molecule is CC(C)c1nc(NC(=O)COc2ccc(C(F)(F)F)cc2)n(C)n1. The van der Waals surface area contributed by atoms with Crippen molar-refractivity contribution < 1.29 is 22.7 Å². The van der Waals surface area contributed by atoms with Crippen molar-refractivity contribution in [3.63, 3.8) is 0 Å². The van der Waals surface area contributed by atoms with Crippen molar-refractivity contribution >= 4 is 11.9 Å². The fourth-order valence-electron chi connectivity index (χ4n) is 1.81. The Morgan fingerprint density at radius 2 is 1.92 bits per heavy atom. The minimum absolute atomic E-state index is 0.116. The summed E-state index contributed by atoms with van der Waals surface area (Å²) < 4.78 is 44.0. The highest BCUT2D eigenvalue weighted by molar-refractivity contribution is 5.90. The summed E-state index contributed by atoms with van der Waals surface area (Å²) in [6.07, 6.45) is -4.41. The number of benzene rings is 1. The molecule has 0 spiro atoms. The predicted molar refractivity (Wildman–Crippen MR) is 80.7 cm³/mol. The van der Waals surface area contributed by atoms with E-state index in [0.29, 0.717) is 5.82 Å². The van der Waals surface area contributed by atoms with Crippen LogP contribution >= 0.6 is 0 Å². The normalized spacial score (nSPS) is 11.6. The average molecular weight is 342 g/mol. The number of carbonyl (C=O) groups excluding carboxylic acids is 1. The van der Waals surface area contributed by atoms with Crippen LogP contribution in [0.3, 0.4) is 0 Å². The Kier molecular flexibility index (Phi) is 5.10. The van der Waals surface area contributed by atoms with Crippen molar-refractivity contribution in [3.8, 4) is 5.75 Å². The van der Waals surface area contributed by atoms with Gasteiger partial charge in [-0.05, 0) is 24.3 Å². The standard InChI is InChI=1S/C15H17F3N4O2/c1-9(2)13-20-14(22(3)21-13)19-12(23)8-24-11-6-4-10(5-7-11)15(16,17)18/h4-7,9H,8H2,1-3H3,(H,19,20,21,23). The molecular formula is C15H17F3N4O2. The quantitative estimate of drug-likeness (QED) is 0.907. The lowest BCUT2D eigenvalue weighted by Gasteiger charge is -2.09. The maximum atomic E-state index is 12.5. The Morgan fingerprint density at radius 3 is 2.42 bits per heavy atom. The molecule has 24 heavy (non-hydrogen) atoms.